The van der Waals surface area contributed by atoms with Crippen LogP contribution in [0.1, 0.15) is 54.8 Å². The van der Waals surface area contributed by atoms with E-state index in [1.807, 2.05) is 4.90 Å². The van der Waals surface area contributed by atoms with Gasteiger partial charge < -0.3 is 33.6 Å². The molecule has 6 saturated carbocycles. The maximum absolute atomic E-state index is 14.0. The van der Waals surface area contributed by atoms with Crippen molar-refractivity contribution >= 4 is 36.1 Å². The van der Waals surface area contributed by atoms with E-state index in [9.17, 15) is 33.9 Å². The number of fused-ring (bicyclic) bond motifs is 1. The second-order valence-electron chi connectivity index (χ2n) is 16.1. The Hall–Kier alpha value is -4.88. The second kappa shape index (κ2) is 12.3. The Kier molecular flexibility index (Phi) is 8.24. The molecule has 0 radical (unpaired) electrons. The van der Waals surface area contributed by atoms with E-state index in [0.717, 1.165) is 0 Å². The maximum Gasteiger partial charge on any atom is 0.338 e. The molecule has 2 spiro atoms. The minimum atomic E-state index is -1.66. The van der Waals surface area contributed by atoms with E-state index in [4.69, 9.17) is 23.7 Å². The van der Waals surface area contributed by atoms with Gasteiger partial charge in [0.05, 0.1) is 28.6 Å². The van der Waals surface area contributed by atoms with Gasteiger partial charge in [-0.05, 0) is 44.7 Å². The van der Waals surface area contributed by atoms with E-state index in [0.29, 0.717) is 17.4 Å². The van der Waals surface area contributed by atoms with Crippen LogP contribution in [-0.4, -0.2) is 102 Å². The van der Waals surface area contributed by atoms with E-state index in [-0.39, 0.29) is 12.0 Å². The van der Waals surface area contributed by atoms with Crippen molar-refractivity contribution in [3.8, 4) is 0 Å². The Labute approximate surface area is 311 Å². The Morgan fingerprint density at radius 2 is 1.28 bits per heavy atom. The maximum atomic E-state index is 14.0. The lowest BCUT2D eigenvalue weighted by atomic mass is 9.37. The van der Waals surface area contributed by atoms with Gasteiger partial charge in [-0.15, -0.1) is 0 Å². The first-order valence-corrected chi connectivity index (χ1v) is 18.2. The SMILES string of the molecule is C=C1CC23C(O)C4C5C(C)(C=O)[C@@H](OC(C)=O)C(OC(=O)c6ccccc6)[C@@H](OC(C)=O)C56C(C2C(OC(=O)c2ccccc2)C1C(OC(C)=O)C36)N4C. The highest BCUT2D eigenvalue weighted by molar-refractivity contribution is 5.90. The number of hydrogen-bond donors (Lipinski definition) is 1. The molecular formula is C41H43NO12. The molecular weight excluding hydrogens is 698 g/mol. The number of carbonyl (C=O) groups is 6. The van der Waals surface area contributed by atoms with Crippen molar-refractivity contribution < 1.29 is 57.6 Å². The summed E-state index contributed by atoms with van der Waals surface area (Å²) in [6.07, 6.45) is -6.72. The average molecular weight is 742 g/mol. The topological polar surface area (TPSA) is 172 Å². The monoisotopic (exact) mass is 741 g/mol. The van der Waals surface area contributed by atoms with Gasteiger partial charge in [-0.3, -0.25) is 19.3 Å². The van der Waals surface area contributed by atoms with Crippen LogP contribution in [0.4, 0.5) is 0 Å². The molecule has 7 bridgehead atoms. The largest absolute Gasteiger partial charge is 0.461 e. The van der Waals surface area contributed by atoms with Crippen LogP contribution in [-0.2, 0) is 42.9 Å². The molecule has 10 rings (SSSR count). The molecule has 15 atom stereocenters. The van der Waals surface area contributed by atoms with Crippen LogP contribution in [0.2, 0.25) is 0 Å². The number of aliphatic hydroxyl groups is 1. The van der Waals surface area contributed by atoms with Crippen LogP contribution >= 0.6 is 0 Å². The lowest BCUT2D eigenvalue weighted by molar-refractivity contribution is -0.301. The number of carbonyl (C=O) groups excluding carboxylic acids is 6. The molecule has 2 heterocycles. The lowest BCUT2D eigenvalue weighted by Gasteiger charge is -2.70. The molecule has 8 aliphatic rings. The predicted molar refractivity (Wildman–Crippen MR) is 186 cm³/mol. The molecule has 2 aromatic carbocycles. The molecule has 13 unspecified atom stereocenters. The third-order valence-electron chi connectivity index (χ3n) is 13.7. The van der Waals surface area contributed by atoms with E-state index >= 15 is 0 Å². The molecule has 6 aliphatic carbocycles. The fraction of sp³-hybridized carbons (Fsp3) is 0.512. The smallest absolute Gasteiger partial charge is 0.338 e. The number of aldehydes is 1. The Bertz CT molecular complexity index is 1950. The minimum Gasteiger partial charge on any atom is -0.461 e. The number of ether oxygens (including phenoxy) is 5. The summed E-state index contributed by atoms with van der Waals surface area (Å²) in [6.45, 7) is 9.63. The second-order valence-corrected chi connectivity index (χ2v) is 16.1. The minimum absolute atomic E-state index is 0.163. The number of aliphatic hydroxyl groups excluding tert-OH is 1. The van der Waals surface area contributed by atoms with E-state index in [1.54, 1.807) is 74.6 Å². The Balaban J connectivity index is 1.39. The number of esters is 5. The van der Waals surface area contributed by atoms with Gasteiger partial charge in [0.25, 0.3) is 0 Å². The van der Waals surface area contributed by atoms with E-state index in [1.165, 1.54) is 20.8 Å². The highest BCUT2D eigenvalue weighted by atomic mass is 16.6. The fourth-order valence-electron chi connectivity index (χ4n) is 12.7. The highest BCUT2D eigenvalue weighted by Crippen LogP contribution is 2.85. The Morgan fingerprint density at radius 1 is 0.759 bits per heavy atom. The molecule has 13 nitrogen and oxygen atoms in total. The number of nitrogens with zero attached hydrogens (tertiary/aromatic N) is 1. The number of benzene rings is 2. The molecule has 1 N–H and O–H groups in total. The van der Waals surface area contributed by atoms with Gasteiger partial charge in [-0.2, -0.15) is 0 Å². The number of hydrogen-bond acceptors (Lipinski definition) is 13. The molecule has 2 aliphatic heterocycles. The van der Waals surface area contributed by atoms with Crippen molar-refractivity contribution in [3.05, 3.63) is 83.9 Å². The molecule has 2 aromatic rings. The molecule has 8 fully saturated rings. The van der Waals surface area contributed by atoms with Crippen LogP contribution in [0.15, 0.2) is 72.8 Å². The summed E-state index contributed by atoms with van der Waals surface area (Å²) in [4.78, 5) is 83.0. The van der Waals surface area contributed by atoms with Gasteiger partial charge in [0.15, 0.2) is 18.3 Å². The van der Waals surface area contributed by atoms with Crippen molar-refractivity contribution in [1.82, 2.24) is 4.90 Å². The number of piperidine rings is 1. The molecule has 2 saturated heterocycles. The predicted octanol–water partition coefficient (Wildman–Crippen LogP) is 2.93. The van der Waals surface area contributed by atoms with Gasteiger partial charge in [0, 0.05) is 61.4 Å². The quantitative estimate of drug-likeness (QED) is 0.181. The van der Waals surface area contributed by atoms with Gasteiger partial charge in [0.1, 0.15) is 18.5 Å². The lowest BCUT2D eigenvalue weighted by Crippen LogP contribution is -2.79. The summed E-state index contributed by atoms with van der Waals surface area (Å²) in [5, 5.41) is 12.9. The average Bonchev–Trinajstić information content (AvgIpc) is 3.46. The summed E-state index contributed by atoms with van der Waals surface area (Å²) < 4.78 is 31.3. The van der Waals surface area contributed by atoms with Crippen molar-refractivity contribution in [2.75, 3.05) is 7.05 Å². The van der Waals surface area contributed by atoms with Crippen molar-refractivity contribution in [1.29, 1.82) is 0 Å². The van der Waals surface area contributed by atoms with Gasteiger partial charge in [-0.25, -0.2) is 9.59 Å². The van der Waals surface area contributed by atoms with Gasteiger partial charge in [-0.1, -0.05) is 48.6 Å². The standard InChI is InChI=1S/C41H43NO12/c1-19-17-40-26-28(53-37(48)23-13-9-7-10-14-23)25(19)29(50-20(2)44)32(40)41-31(27(34(40)47)42(6)33(26)41)39(5,18-43)35(51-21(3)45)30(36(41)52-22(4)46)54-38(49)24-15-11-8-12-16-24/h7-16,18,25-36,47H,1,17H2,2-6H3/t25?,26?,27?,28?,29?,30?,31?,32?,33?,34?,35-,36+,39?,40?,41?/m0/s1. The summed E-state index contributed by atoms with van der Waals surface area (Å²) in [5.74, 6) is -6.72. The van der Waals surface area contributed by atoms with Crippen molar-refractivity contribution in [2.24, 2.45) is 39.9 Å². The zero-order valence-electron chi connectivity index (χ0n) is 30.6. The van der Waals surface area contributed by atoms with E-state index in [2.05, 4.69) is 6.58 Å². The molecule has 54 heavy (non-hydrogen) atoms. The first-order chi connectivity index (χ1) is 25.7. The number of rotatable bonds is 8. The molecule has 284 valence electrons. The van der Waals surface area contributed by atoms with Crippen LogP contribution in [0, 0.1) is 39.9 Å². The van der Waals surface area contributed by atoms with Crippen molar-refractivity contribution in [3.63, 3.8) is 0 Å². The Morgan fingerprint density at radius 3 is 1.80 bits per heavy atom. The molecule has 13 heteroatoms. The summed E-state index contributed by atoms with van der Waals surface area (Å²) in [7, 11) is 1.80. The number of likely N-dealkylation sites (N-methyl/N-ethyl adjacent to an activating group) is 1. The molecule has 0 amide bonds. The van der Waals surface area contributed by atoms with Crippen LogP contribution < -0.4 is 0 Å². The summed E-state index contributed by atoms with van der Waals surface area (Å²) in [6, 6.07) is 15.1. The summed E-state index contributed by atoms with van der Waals surface area (Å²) in [5.41, 5.74) is -3.13. The first-order valence-electron chi connectivity index (χ1n) is 18.2. The zero-order chi connectivity index (χ0) is 38.6. The summed E-state index contributed by atoms with van der Waals surface area (Å²) >= 11 is 0. The third kappa shape index (κ3) is 4.51. The fourth-order valence-corrected chi connectivity index (χ4v) is 12.7. The van der Waals surface area contributed by atoms with Crippen LogP contribution in [0.5, 0.6) is 0 Å². The van der Waals surface area contributed by atoms with Gasteiger partial charge in [0.2, 0.25) is 0 Å². The normalized spacial score (nSPS) is 42.1. The van der Waals surface area contributed by atoms with Crippen LogP contribution in [0.25, 0.3) is 0 Å². The third-order valence-corrected chi connectivity index (χ3v) is 13.7. The molecule has 0 aromatic heterocycles. The van der Waals surface area contributed by atoms with E-state index < -0.39 is 118 Å². The highest BCUT2D eigenvalue weighted by Gasteiger charge is 2.95. The first kappa shape index (κ1) is 36.1. The van der Waals surface area contributed by atoms with Crippen LogP contribution in [0.3, 0.4) is 0 Å². The van der Waals surface area contributed by atoms with Gasteiger partial charge >= 0.3 is 29.8 Å². The zero-order valence-corrected chi connectivity index (χ0v) is 30.6. The van der Waals surface area contributed by atoms with Crippen molar-refractivity contribution in [2.45, 2.75) is 82.8 Å².